The second-order valence-electron chi connectivity index (χ2n) is 4.06. The van der Waals surface area contributed by atoms with Crippen LogP contribution in [0.4, 0.5) is 0 Å². The Bertz CT molecular complexity index is 356. The molecule has 1 aliphatic carbocycles. The van der Waals surface area contributed by atoms with Crippen molar-refractivity contribution in [3.63, 3.8) is 0 Å². The number of pyridine rings is 1. The molecule has 1 aromatic heterocycles. The maximum Gasteiger partial charge on any atom is 0.228 e. The van der Waals surface area contributed by atoms with Crippen molar-refractivity contribution in [3.05, 3.63) is 22.3 Å². The molecule has 1 saturated carbocycles. The number of ether oxygens (including phenoxy) is 1. The zero-order valence-electron chi connectivity index (χ0n) is 8.74. The molecule has 1 aromatic rings. The van der Waals surface area contributed by atoms with Crippen LogP contribution in [0.1, 0.15) is 24.8 Å². The molecule has 0 aliphatic heterocycles. The van der Waals surface area contributed by atoms with E-state index in [1.807, 2.05) is 13.0 Å². The van der Waals surface area contributed by atoms with Gasteiger partial charge in [-0.2, -0.15) is 0 Å². The Morgan fingerprint density at radius 2 is 2.33 bits per heavy atom. The Kier molecular flexibility index (Phi) is 3.26. The van der Waals surface area contributed by atoms with Crippen LogP contribution in [0.5, 0.6) is 5.88 Å². The number of aromatic nitrogens is 1. The Balaban J connectivity index is 2.07. The fraction of sp³-hybridized carbons (Fsp3) is 0.545. The topological polar surface area (TPSA) is 48.1 Å². The molecule has 1 heterocycles. The molecule has 2 atom stereocenters. The lowest BCUT2D eigenvalue weighted by atomic mass is 10.3. The molecule has 1 aliphatic rings. The van der Waals surface area contributed by atoms with E-state index in [0.717, 1.165) is 29.3 Å². The molecule has 15 heavy (non-hydrogen) atoms. The van der Waals surface area contributed by atoms with E-state index < -0.39 is 0 Å². The minimum Gasteiger partial charge on any atom is -0.473 e. The lowest BCUT2D eigenvalue weighted by Crippen LogP contribution is -2.19. The lowest BCUT2D eigenvalue weighted by molar-refractivity contribution is 0.198. The molecule has 0 aromatic carbocycles. The molecule has 0 saturated heterocycles. The summed E-state index contributed by atoms with van der Waals surface area (Å²) in [7, 11) is 0. The number of nitrogens with zero attached hydrogens (tertiary/aromatic N) is 1. The number of hydrogen-bond acceptors (Lipinski definition) is 3. The summed E-state index contributed by atoms with van der Waals surface area (Å²) < 4.78 is 6.77. The monoisotopic (exact) mass is 270 g/mol. The maximum atomic E-state index is 5.83. The van der Waals surface area contributed by atoms with E-state index in [2.05, 4.69) is 20.9 Å². The van der Waals surface area contributed by atoms with Crippen LogP contribution in [-0.2, 0) is 0 Å². The van der Waals surface area contributed by atoms with Crippen molar-refractivity contribution < 1.29 is 4.74 Å². The van der Waals surface area contributed by atoms with Gasteiger partial charge >= 0.3 is 0 Å². The van der Waals surface area contributed by atoms with Crippen molar-refractivity contribution in [2.24, 2.45) is 5.73 Å². The summed E-state index contributed by atoms with van der Waals surface area (Å²) >= 11 is 3.48. The van der Waals surface area contributed by atoms with E-state index in [1.54, 1.807) is 6.20 Å². The van der Waals surface area contributed by atoms with Crippen LogP contribution in [0.3, 0.4) is 0 Å². The Morgan fingerprint density at radius 1 is 1.53 bits per heavy atom. The predicted molar refractivity (Wildman–Crippen MR) is 62.9 cm³/mol. The first kappa shape index (κ1) is 10.9. The Labute approximate surface area is 98.2 Å². The first-order valence-electron chi connectivity index (χ1n) is 5.20. The van der Waals surface area contributed by atoms with Gasteiger partial charge in [-0.15, -0.1) is 0 Å². The standard InChI is InChI=1S/C11H15BrN2O/c1-7-4-5-14-11(10(7)12)15-9-3-2-8(13)6-9/h4-5,8-9H,2-3,6,13H2,1H3. The van der Waals surface area contributed by atoms with Gasteiger partial charge in [0.15, 0.2) is 0 Å². The van der Waals surface area contributed by atoms with Gasteiger partial charge in [0.05, 0.1) is 4.47 Å². The zero-order valence-corrected chi connectivity index (χ0v) is 10.3. The molecule has 0 radical (unpaired) electrons. The van der Waals surface area contributed by atoms with E-state index in [1.165, 1.54) is 0 Å². The molecule has 1 fully saturated rings. The fourth-order valence-electron chi connectivity index (χ4n) is 1.84. The molecular weight excluding hydrogens is 256 g/mol. The second-order valence-corrected chi connectivity index (χ2v) is 4.85. The van der Waals surface area contributed by atoms with Crippen LogP contribution in [0.25, 0.3) is 0 Å². The van der Waals surface area contributed by atoms with Crippen molar-refractivity contribution in [2.75, 3.05) is 0 Å². The minimum atomic E-state index is 0.227. The summed E-state index contributed by atoms with van der Waals surface area (Å²) in [5.74, 6) is 0.689. The van der Waals surface area contributed by atoms with Gasteiger partial charge in [-0.1, -0.05) is 0 Å². The summed E-state index contributed by atoms with van der Waals surface area (Å²) in [6, 6.07) is 2.25. The first-order chi connectivity index (χ1) is 7.16. The van der Waals surface area contributed by atoms with Gasteiger partial charge in [0, 0.05) is 12.2 Å². The quantitative estimate of drug-likeness (QED) is 0.898. The van der Waals surface area contributed by atoms with Crippen LogP contribution in [-0.4, -0.2) is 17.1 Å². The Morgan fingerprint density at radius 3 is 3.00 bits per heavy atom. The summed E-state index contributed by atoms with van der Waals surface area (Å²) in [6.45, 7) is 2.03. The molecule has 2 unspecified atom stereocenters. The first-order valence-corrected chi connectivity index (χ1v) is 5.99. The van der Waals surface area contributed by atoms with Crippen LogP contribution < -0.4 is 10.5 Å². The van der Waals surface area contributed by atoms with E-state index >= 15 is 0 Å². The maximum absolute atomic E-state index is 5.83. The zero-order chi connectivity index (χ0) is 10.8. The Hall–Kier alpha value is -0.610. The average molecular weight is 271 g/mol. The molecule has 2 rings (SSSR count). The molecule has 0 bridgehead atoms. The largest absolute Gasteiger partial charge is 0.473 e. The number of rotatable bonds is 2. The van der Waals surface area contributed by atoms with Crippen molar-refractivity contribution in [1.29, 1.82) is 0 Å². The smallest absolute Gasteiger partial charge is 0.228 e. The summed E-state index contributed by atoms with van der Waals surface area (Å²) in [5, 5.41) is 0. The molecule has 82 valence electrons. The number of nitrogens with two attached hydrogens (primary N) is 1. The van der Waals surface area contributed by atoms with E-state index in [4.69, 9.17) is 10.5 Å². The molecule has 4 heteroatoms. The highest BCUT2D eigenvalue weighted by Crippen LogP contribution is 2.29. The van der Waals surface area contributed by atoms with Crippen LogP contribution in [0, 0.1) is 6.92 Å². The van der Waals surface area contributed by atoms with Gasteiger partial charge in [0.2, 0.25) is 5.88 Å². The fourth-order valence-corrected chi connectivity index (χ4v) is 2.16. The second kappa shape index (κ2) is 4.49. The van der Waals surface area contributed by atoms with Crippen molar-refractivity contribution in [3.8, 4) is 5.88 Å². The van der Waals surface area contributed by atoms with Crippen molar-refractivity contribution in [2.45, 2.75) is 38.3 Å². The third-order valence-electron chi connectivity index (χ3n) is 2.75. The van der Waals surface area contributed by atoms with Gasteiger partial charge in [0.1, 0.15) is 6.10 Å². The van der Waals surface area contributed by atoms with Gasteiger partial charge in [-0.3, -0.25) is 0 Å². The number of halogens is 1. The summed E-state index contributed by atoms with van der Waals surface area (Å²) in [5.41, 5.74) is 6.98. The van der Waals surface area contributed by atoms with E-state index in [0.29, 0.717) is 11.9 Å². The highest BCUT2D eigenvalue weighted by Gasteiger charge is 2.24. The molecule has 0 amide bonds. The van der Waals surface area contributed by atoms with Crippen molar-refractivity contribution >= 4 is 15.9 Å². The average Bonchev–Trinajstić information content (AvgIpc) is 2.59. The minimum absolute atomic E-state index is 0.227. The third kappa shape index (κ3) is 2.49. The molecular formula is C11H15BrN2O. The molecule has 0 spiro atoms. The lowest BCUT2D eigenvalue weighted by Gasteiger charge is -2.14. The predicted octanol–water partition coefficient (Wildman–Crippen LogP) is 2.41. The van der Waals surface area contributed by atoms with Crippen LogP contribution in [0.2, 0.25) is 0 Å². The SMILES string of the molecule is Cc1ccnc(OC2CCC(N)C2)c1Br. The summed E-state index contributed by atoms with van der Waals surface area (Å²) in [4.78, 5) is 4.22. The van der Waals surface area contributed by atoms with Crippen LogP contribution >= 0.6 is 15.9 Å². The number of hydrogen-bond donors (Lipinski definition) is 1. The van der Waals surface area contributed by atoms with Gasteiger partial charge in [-0.05, 0) is 53.7 Å². The van der Waals surface area contributed by atoms with E-state index in [9.17, 15) is 0 Å². The van der Waals surface area contributed by atoms with Crippen LogP contribution in [0.15, 0.2) is 16.7 Å². The molecule has 2 N–H and O–H groups in total. The van der Waals surface area contributed by atoms with E-state index in [-0.39, 0.29) is 6.10 Å². The highest BCUT2D eigenvalue weighted by molar-refractivity contribution is 9.10. The van der Waals surface area contributed by atoms with Crippen molar-refractivity contribution in [1.82, 2.24) is 4.98 Å². The van der Waals surface area contributed by atoms with Gasteiger partial charge in [0.25, 0.3) is 0 Å². The molecule has 3 nitrogen and oxygen atoms in total. The highest BCUT2D eigenvalue weighted by atomic mass is 79.9. The van der Waals surface area contributed by atoms with Gasteiger partial charge in [-0.25, -0.2) is 4.98 Å². The summed E-state index contributed by atoms with van der Waals surface area (Å²) in [6.07, 6.45) is 5.01. The number of aryl methyl sites for hydroxylation is 1. The normalized spacial score (nSPS) is 25.5. The van der Waals surface area contributed by atoms with Gasteiger partial charge < -0.3 is 10.5 Å². The third-order valence-corrected chi connectivity index (χ3v) is 3.72.